The van der Waals surface area contributed by atoms with E-state index in [9.17, 15) is 0 Å². The van der Waals surface area contributed by atoms with E-state index in [2.05, 4.69) is 40.4 Å². The molecule has 0 bridgehead atoms. The standard InChI is InChI=1S/C25H20FN3/c1-29-12-10-22(23-14-17-5-2-3-6-18(17)15-24(23)26)21-9-8-19(13-20(21)16-29)25-7-4-11-27-28-25/h2-11,13-15H,12,16H2,1H3. The highest BCUT2D eigenvalue weighted by Crippen LogP contribution is 2.34. The lowest BCUT2D eigenvalue weighted by Gasteiger charge is -2.16. The van der Waals surface area contributed by atoms with Crippen LogP contribution in [0.4, 0.5) is 4.39 Å². The van der Waals surface area contributed by atoms with Crippen molar-refractivity contribution in [2.45, 2.75) is 6.54 Å². The second kappa shape index (κ2) is 7.22. The Bertz CT molecular complexity index is 1230. The van der Waals surface area contributed by atoms with Crippen LogP contribution in [0.25, 0.3) is 27.6 Å². The first-order chi connectivity index (χ1) is 14.2. The van der Waals surface area contributed by atoms with E-state index < -0.39 is 0 Å². The third-order valence-electron chi connectivity index (χ3n) is 5.44. The van der Waals surface area contributed by atoms with E-state index >= 15 is 4.39 Å². The van der Waals surface area contributed by atoms with Crippen molar-refractivity contribution in [2.75, 3.05) is 13.6 Å². The third-order valence-corrected chi connectivity index (χ3v) is 5.44. The van der Waals surface area contributed by atoms with Crippen LogP contribution >= 0.6 is 0 Å². The highest BCUT2D eigenvalue weighted by atomic mass is 19.1. The van der Waals surface area contributed by atoms with Gasteiger partial charge in [0.15, 0.2) is 0 Å². The minimum atomic E-state index is -0.191. The van der Waals surface area contributed by atoms with E-state index in [-0.39, 0.29) is 5.82 Å². The van der Waals surface area contributed by atoms with Crippen molar-refractivity contribution in [2.24, 2.45) is 0 Å². The fourth-order valence-corrected chi connectivity index (χ4v) is 3.99. The zero-order valence-electron chi connectivity index (χ0n) is 16.1. The van der Waals surface area contributed by atoms with Crippen molar-refractivity contribution in [1.29, 1.82) is 0 Å². The summed E-state index contributed by atoms with van der Waals surface area (Å²) in [6.07, 6.45) is 3.80. The second-order valence-corrected chi connectivity index (χ2v) is 7.47. The molecule has 3 nitrogen and oxygen atoms in total. The zero-order valence-corrected chi connectivity index (χ0v) is 16.1. The predicted molar refractivity (Wildman–Crippen MR) is 115 cm³/mol. The number of fused-ring (bicyclic) bond motifs is 2. The summed E-state index contributed by atoms with van der Waals surface area (Å²) < 4.78 is 15.1. The fraction of sp³-hybridized carbons (Fsp3) is 0.120. The van der Waals surface area contributed by atoms with Gasteiger partial charge in [-0.2, -0.15) is 10.2 Å². The molecule has 5 rings (SSSR count). The molecule has 0 fully saturated rings. The van der Waals surface area contributed by atoms with Gasteiger partial charge in [-0.1, -0.05) is 42.5 Å². The molecule has 0 N–H and O–H groups in total. The van der Waals surface area contributed by atoms with Gasteiger partial charge in [-0.3, -0.25) is 4.90 Å². The van der Waals surface area contributed by atoms with Crippen molar-refractivity contribution < 1.29 is 4.39 Å². The van der Waals surface area contributed by atoms with Crippen molar-refractivity contribution in [3.8, 4) is 11.3 Å². The average Bonchev–Trinajstić information content (AvgIpc) is 2.91. The van der Waals surface area contributed by atoms with E-state index in [1.165, 1.54) is 0 Å². The number of likely N-dealkylation sites (N-methyl/N-ethyl adjacent to an activating group) is 1. The third kappa shape index (κ3) is 3.32. The van der Waals surface area contributed by atoms with Crippen molar-refractivity contribution >= 4 is 16.3 Å². The first-order valence-corrected chi connectivity index (χ1v) is 9.68. The maximum atomic E-state index is 15.1. The average molecular weight is 381 g/mol. The van der Waals surface area contributed by atoms with Crippen LogP contribution in [-0.4, -0.2) is 28.7 Å². The van der Waals surface area contributed by atoms with Crippen LogP contribution < -0.4 is 0 Å². The van der Waals surface area contributed by atoms with Gasteiger partial charge in [0, 0.05) is 30.4 Å². The molecule has 0 radical (unpaired) electrons. The Morgan fingerprint density at radius 1 is 0.897 bits per heavy atom. The molecule has 0 saturated heterocycles. The van der Waals surface area contributed by atoms with Gasteiger partial charge >= 0.3 is 0 Å². The number of benzene rings is 3. The Kier molecular flexibility index (Phi) is 4.41. The van der Waals surface area contributed by atoms with E-state index in [4.69, 9.17) is 0 Å². The zero-order chi connectivity index (χ0) is 19.8. The van der Waals surface area contributed by atoms with Gasteiger partial charge in [0.05, 0.1) is 5.69 Å². The molecule has 0 amide bonds. The van der Waals surface area contributed by atoms with E-state index in [0.717, 1.165) is 51.8 Å². The van der Waals surface area contributed by atoms with Crippen LogP contribution in [0.3, 0.4) is 0 Å². The molecule has 1 aliphatic heterocycles. The highest BCUT2D eigenvalue weighted by Gasteiger charge is 2.19. The normalized spacial score (nSPS) is 14.3. The second-order valence-electron chi connectivity index (χ2n) is 7.47. The lowest BCUT2D eigenvalue weighted by Crippen LogP contribution is -2.16. The Balaban J connectivity index is 1.67. The van der Waals surface area contributed by atoms with Gasteiger partial charge < -0.3 is 0 Å². The number of hydrogen-bond donors (Lipinski definition) is 0. The lowest BCUT2D eigenvalue weighted by atomic mass is 9.91. The summed E-state index contributed by atoms with van der Waals surface area (Å²) in [7, 11) is 2.08. The van der Waals surface area contributed by atoms with Gasteiger partial charge in [-0.05, 0) is 64.9 Å². The van der Waals surface area contributed by atoms with Crippen LogP contribution in [0.2, 0.25) is 0 Å². The van der Waals surface area contributed by atoms with Crippen LogP contribution in [0.1, 0.15) is 16.7 Å². The smallest absolute Gasteiger partial charge is 0.131 e. The van der Waals surface area contributed by atoms with Crippen LogP contribution in [0, 0.1) is 5.82 Å². The quantitative estimate of drug-likeness (QED) is 0.471. The number of aromatic nitrogens is 2. The predicted octanol–water partition coefficient (Wildman–Crippen LogP) is 5.31. The summed E-state index contributed by atoms with van der Waals surface area (Å²) in [5.74, 6) is -0.191. The number of rotatable bonds is 2. The molecule has 0 atom stereocenters. The van der Waals surface area contributed by atoms with Crippen molar-refractivity contribution in [1.82, 2.24) is 15.1 Å². The summed E-state index contributed by atoms with van der Waals surface area (Å²) in [6, 6.07) is 21.6. The highest BCUT2D eigenvalue weighted by molar-refractivity contribution is 5.91. The van der Waals surface area contributed by atoms with E-state index in [1.54, 1.807) is 12.3 Å². The largest absolute Gasteiger partial charge is 0.298 e. The molecule has 142 valence electrons. The molecule has 1 aromatic heterocycles. The molecule has 0 unspecified atom stereocenters. The summed E-state index contributed by atoms with van der Waals surface area (Å²) in [6.45, 7) is 1.55. The van der Waals surface area contributed by atoms with Gasteiger partial charge in [0.25, 0.3) is 0 Å². The number of halogens is 1. The van der Waals surface area contributed by atoms with Gasteiger partial charge in [0.2, 0.25) is 0 Å². The molecule has 29 heavy (non-hydrogen) atoms. The molecule has 3 aromatic carbocycles. The molecule has 2 heterocycles. The molecule has 0 aliphatic carbocycles. The first kappa shape index (κ1) is 17.7. The maximum absolute atomic E-state index is 15.1. The van der Waals surface area contributed by atoms with Crippen molar-refractivity contribution in [3.05, 3.63) is 102 Å². The van der Waals surface area contributed by atoms with E-state index in [1.807, 2.05) is 48.5 Å². The maximum Gasteiger partial charge on any atom is 0.131 e. The fourth-order valence-electron chi connectivity index (χ4n) is 3.99. The lowest BCUT2D eigenvalue weighted by molar-refractivity contribution is 0.366. The minimum absolute atomic E-state index is 0.191. The molecule has 4 aromatic rings. The summed E-state index contributed by atoms with van der Waals surface area (Å²) >= 11 is 0. The van der Waals surface area contributed by atoms with E-state index in [0.29, 0.717) is 5.56 Å². The molecule has 4 heteroatoms. The Hall–Kier alpha value is -3.37. The molecule has 0 spiro atoms. The summed E-state index contributed by atoms with van der Waals surface area (Å²) in [5.41, 5.74) is 5.67. The number of hydrogen-bond acceptors (Lipinski definition) is 3. The summed E-state index contributed by atoms with van der Waals surface area (Å²) in [4.78, 5) is 2.23. The van der Waals surface area contributed by atoms with Crippen LogP contribution in [0.5, 0.6) is 0 Å². The molecule has 0 saturated carbocycles. The summed E-state index contributed by atoms with van der Waals surface area (Å²) in [5, 5.41) is 10.2. The monoisotopic (exact) mass is 381 g/mol. The topological polar surface area (TPSA) is 29.0 Å². The van der Waals surface area contributed by atoms with Gasteiger partial charge in [-0.25, -0.2) is 4.39 Å². The Morgan fingerprint density at radius 2 is 1.72 bits per heavy atom. The van der Waals surface area contributed by atoms with Crippen LogP contribution in [0.15, 0.2) is 79.0 Å². The Morgan fingerprint density at radius 3 is 2.52 bits per heavy atom. The molecule has 1 aliphatic rings. The molecular formula is C25H20FN3. The Labute approximate surface area is 169 Å². The number of nitrogens with zero attached hydrogens (tertiary/aromatic N) is 3. The molecular weight excluding hydrogens is 361 g/mol. The van der Waals surface area contributed by atoms with Crippen LogP contribution in [-0.2, 0) is 6.54 Å². The first-order valence-electron chi connectivity index (χ1n) is 9.68. The van der Waals surface area contributed by atoms with Gasteiger partial charge in [-0.15, -0.1) is 0 Å². The minimum Gasteiger partial charge on any atom is -0.298 e. The SMILES string of the molecule is CN1CC=C(c2cc3ccccc3cc2F)c2ccc(-c3cccnn3)cc2C1. The van der Waals surface area contributed by atoms with Crippen molar-refractivity contribution in [3.63, 3.8) is 0 Å². The van der Waals surface area contributed by atoms with Gasteiger partial charge in [0.1, 0.15) is 5.82 Å².